The van der Waals surface area contributed by atoms with Crippen molar-refractivity contribution >= 4 is 11.3 Å². The Bertz CT molecular complexity index is 244. The summed E-state index contributed by atoms with van der Waals surface area (Å²) in [5.41, 5.74) is 0. The molecule has 0 saturated heterocycles. The molecule has 1 aromatic rings. The van der Waals surface area contributed by atoms with Crippen LogP contribution in [0.3, 0.4) is 0 Å². The van der Waals surface area contributed by atoms with Crippen LogP contribution in [0, 0.1) is 18.3 Å². The van der Waals surface area contributed by atoms with Gasteiger partial charge >= 0.3 is 0 Å². The Kier molecular flexibility index (Phi) is 2.47. The van der Waals surface area contributed by atoms with E-state index in [-0.39, 0.29) is 0 Å². The van der Waals surface area contributed by atoms with Crippen molar-refractivity contribution in [1.82, 2.24) is 0 Å². The monoisotopic (exact) mass is 151 g/mol. The molecule has 1 rings (SSSR count). The molecule has 0 atom stereocenters. The first-order chi connectivity index (χ1) is 4.83. The number of aryl methyl sites for hydroxylation is 2. The fourth-order valence-corrected chi connectivity index (χ4v) is 1.69. The molecule has 1 heterocycles. The lowest BCUT2D eigenvalue weighted by Gasteiger charge is -1.85. The maximum atomic E-state index is 8.29. The lowest BCUT2D eigenvalue weighted by atomic mass is 10.3. The molecule has 1 aromatic heterocycles. The fraction of sp³-hybridized carbons (Fsp3) is 0.375. The highest BCUT2D eigenvalue weighted by Crippen LogP contribution is 2.15. The van der Waals surface area contributed by atoms with Crippen LogP contribution in [0.5, 0.6) is 0 Å². The molecular formula is C8H9NS. The minimum atomic E-state index is 0.639. The number of hydrogen-bond donors (Lipinski definition) is 0. The third-order valence-electron chi connectivity index (χ3n) is 1.28. The topological polar surface area (TPSA) is 23.8 Å². The lowest BCUT2D eigenvalue weighted by Crippen LogP contribution is -1.74. The summed E-state index contributed by atoms with van der Waals surface area (Å²) >= 11 is 1.78. The fourth-order valence-electron chi connectivity index (χ4n) is 0.799. The molecule has 0 N–H and O–H groups in total. The predicted molar refractivity (Wildman–Crippen MR) is 43.0 cm³/mol. The first-order valence-electron chi connectivity index (χ1n) is 3.25. The molecule has 0 bridgehead atoms. The lowest BCUT2D eigenvalue weighted by molar-refractivity contribution is 1.04. The number of nitriles is 1. The summed E-state index contributed by atoms with van der Waals surface area (Å²) in [7, 11) is 0. The maximum absolute atomic E-state index is 8.29. The van der Waals surface area contributed by atoms with Crippen LogP contribution in [-0.4, -0.2) is 0 Å². The van der Waals surface area contributed by atoms with E-state index in [2.05, 4.69) is 25.1 Å². The number of hydrogen-bond acceptors (Lipinski definition) is 2. The van der Waals surface area contributed by atoms with Crippen LogP contribution in [0.25, 0.3) is 0 Å². The van der Waals surface area contributed by atoms with E-state index in [1.807, 2.05) is 0 Å². The van der Waals surface area contributed by atoms with Crippen molar-refractivity contribution in [3.05, 3.63) is 21.9 Å². The van der Waals surface area contributed by atoms with Gasteiger partial charge in [-0.3, -0.25) is 0 Å². The van der Waals surface area contributed by atoms with Gasteiger partial charge in [-0.1, -0.05) is 0 Å². The van der Waals surface area contributed by atoms with Gasteiger partial charge in [0.05, 0.1) is 6.07 Å². The van der Waals surface area contributed by atoms with Crippen molar-refractivity contribution in [1.29, 1.82) is 5.26 Å². The summed E-state index contributed by atoms with van der Waals surface area (Å²) in [6.45, 7) is 2.08. The molecule has 10 heavy (non-hydrogen) atoms. The molecule has 0 saturated carbocycles. The zero-order valence-electron chi connectivity index (χ0n) is 5.92. The van der Waals surface area contributed by atoms with E-state index in [4.69, 9.17) is 5.26 Å². The molecule has 0 aliphatic rings. The molecule has 1 nitrogen and oxygen atoms in total. The van der Waals surface area contributed by atoms with Crippen LogP contribution >= 0.6 is 11.3 Å². The molecule has 0 unspecified atom stereocenters. The van der Waals surface area contributed by atoms with Crippen LogP contribution in [-0.2, 0) is 6.42 Å². The molecule has 0 aliphatic carbocycles. The number of thiophene rings is 1. The summed E-state index contributed by atoms with van der Waals surface area (Å²) in [6, 6.07) is 6.32. The molecule has 2 heteroatoms. The average Bonchev–Trinajstić information content (AvgIpc) is 2.31. The molecule has 52 valence electrons. The van der Waals surface area contributed by atoms with Gasteiger partial charge in [-0.05, 0) is 25.5 Å². The molecule has 0 radical (unpaired) electrons. The van der Waals surface area contributed by atoms with Crippen LogP contribution in [0.4, 0.5) is 0 Å². The van der Waals surface area contributed by atoms with Gasteiger partial charge in [-0.25, -0.2) is 0 Å². The summed E-state index contributed by atoms with van der Waals surface area (Å²) in [5, 5.41) is 8.29. The number of rotatable bonds is 2. The van der Waals surface area contributed by atoms with Gasteiger partial charge in [0.2, 0.25) is 0 Å². The Morgan fingerprint density at radius 1 is 1.60 bits per heavy atom. The Hall–Kier alpha value is -0.810. The summed E-state index contributed by atoms with van der Waals surface area (Å²) < 4.78 is 0. The minimum Gasteiger partial charge on any atom is -0.198 e. The molecule has 0 aliphatic heterocycles. The Morgan fingerprint density at radius 2 is 2.40 bits per heavy atom. The first-order valence-corrected chi connectivity index (χ1v) is 4.07. The summed E-state index contributed by atoms with van der Waals surface area (Å²) in [5.74, 6) is 0. The number of nitrogens with zero attached hydrogens (tertiary/aromatic N) is 1. The van der Waals surface area contributed by atoms with Gasteiger partial charge in [0, 0.05) is 16.2 Å². The summed E-state index contributed by atoms with van der Waals surface area (Å²) in [4.78, 5) is 2.65. The SMILES string of the molecule is Cc1ccc(CCC#N)s1. The highest BCUT2D eigenvalue weighted by atomic mass is 32.1. The second kappa shape index (κ2) is 3.38. The van der Waals surface area contributed by atoms with Gasteiger partial charge in [0.25, 0.3) is 0 Å². The standard InChI is InChI=1S/C8H9NS/c1-7-4-5-8(10-7)3-2-6-9/h4-5H,2-3H2,1H3. The van der Waals surface area contributed by atoms with E-state index in [1.165, 1.54) is 9.75 Å². The highest BCUT2D eigenvalue weighted by Gasteiger charge is 1.94. The van der Waals surface area contributed by atoms with Gasteiger partial charge in [0.15, 0.2) is 0 Å². The largest absolute Gasteiger partial charge is 0.198 e. The normalized spacial score (nSPS) is 9.20. The smallest absolute Gasteiger partial charge is 0.0625 e. The van der Waals surface area contributed by atoms with Crippen molar-refractivity contribution in [2.24, 2.45) is 0 Å². The van der Waals surface area contributed by atoms with E-state index in [0.717, 1.165) is 6.42 Å². The predicted octanol–water partition coefficient (Wildman–Crippen LogP) is 2.51. The van der Waals surface area contributed by atoms with E-state index >= 15 is 0 Å². The zero-order chi connectivity index (χ0) is 7.40. The third-order valence-corrected chi connectivity index (χ3v) is 2.34. The first kappa shape index (κ1) is 7.30. The van der Waals surface area contributed by atoms with Crippen LogP contribution in [0.2, 0.25) is 0 Å². The minimum absolute atomic E-state index is 0.639. The van der Waals surface area contributed by atoms with Gasteiger partial charge < -0.3 is 0 Å². The van der Waals surface area contributed by atoms with Crippen molar-refractivity contribution in [3.8, 4) is 6.07 Å². The molecule has 0 amide bonds. The molecular weight excluding hydrogens is 142 g/mol. The zero-order valence-corrected chi connectivity index (χ0v) is 6.74. The van der Waals surface area contributed by atoms with Gasteiger partial charge in [0.1, 0.15) is 0 Å². The van der Waals surface area contributed by atoms with Crippen molar-refractivity contribution in [2.75, 3.05) is 0 Å². The van der Waals surface area contributed by atoms with E-state index in [0.29, 0.717) is 6.42 Å². The van der Waals surface area contributed by atoms with E-state index < -0.39 is 0 Å². The van der Waals surface area contributed by atoms with Crippen molar-refractivity contribution in [3.63, 3.8) is 0 Å². The van der Waals surface area contributed by atoms with Crippen LogP contribution in [0.15, 0.2) is 12.1 Å². The Balaban J connectivity index is 2.52. The van der Waals surface area contributed by atoms with Gasteiger partial charge in [-0.2, -0.15) is 5.26 Å². The van der Waals surface area contributed by atoms with Gasteiger partial charge in [-0.15, -0.1) is 11.3 Å². The van der Waals surface area contributed by atoms with E-state index in [9.17, 15) is 0 Å². The average molecular weight is 151 g/mol. The van der Waals surface area contributed by atoms with E-state index in [1.54, 1.807) is 11.3 Å². The second-order valence-corrected chi connectivity index (χ2v) is 3.54. The van der Waals surface area contributed by atoms with Crippen LogP contribution < -0.4 is 0 Å². The maximum Gasteiger partial charge on any atom is 0.0625 e. The van der Waals surface area contributed by atoms with Crippen molar-refractivity contribution < 1.29 is 0 Å². The Labute approximate surface area is 64.9 Å². The quantitative estimate of drug-likeness (QED) is 0.637. The second-order valence-electron chi connectivity index (χ2n) is 2.17. The summed E-state index contributed by atoms with van der Waals surface area (Å²) in [6.07, 6.45) is 1.55. The molecule has 0 aromatic carbocycles. The van der Waals surface area contributed by atoms with Crippen molar-refractivity contribution in [2.45, 2.75) is 19.8 Å². The Morgan fingerprint density at radius 3 is 2.90 bits per heavy atom. The van der Waals surface area contributed by atoms with Crippen LogP contribution in [0.1, 0.15) is 16.2 Å². The molecule has 0 fully saturated rings. The molecule has 0 spiro atoms. The highest BCUT2D eigenvalue weighted by molar-refractivity contribution is 7.11. The third kappa shape index (κ3) is 1.85.